The van der Waals surface area contributed by atoms with Crippen LogP contribution in [0.15, 0.2) is 47.4 Å². The van der Waals surface area contributed by atoms with Crippen LogP contribution in [-0.4, -0.2) is 25.7 Å². The third-order valence-electron chi connectivity index (χ3n) is 2.99. The molecule has 0 bridgehead atoms. The number of sulfone groups is 1. The van der Waals surface area contributed by atoms with Gasteiger partial charge in [-0.15, -0.1) is 0 Å². The van der Waals surface area contributed by atoms with Crippen LogP contribution in [0.5, 0.6) is 0 Å². The van der Waals surface area contributed by atoms with Crippen molar-refractivity contribution in [3.63, 3.8) is 0 Å². The predicted molar refractivity (Wildman–Crippen MR) is 76.7 cm³/mol. The topological polar surface area (TPSA) is 71.4 Å². The van der Waals surface area contributed by atoms with Gasteiger partial charge < -0.3 is 5.11 Å². The highest BCUT2D eigenvalue weighted by atomic mass is 32.2. The van der Waals surface area contributed by atoms with Crippen molar-refractivity contribution < 1.29 is 18.3 Å². The summed E-state index contributed by atoms with van der Waals surface area (Å²) in [5, 5.41) is 9.04. The molecule has 0 radical (unpaired) electrons. The Balaban J connectivity index is 2.73. The Morgan fingerprint density at radius 1 is 1.05 bits per heavy atom. The summed E-state index contributed by atoms with van der Waals surface area (Å²) in [4.78, 5) is 11.2. The number of carboxylic acids is 1. The lowest BCUT2D eigenvalue weighted by atomic mass is 10.0. The largest absolute Gasteiger partial charge is 0.478 e. The van der Waals surface area contributed by atoms with E-state index in [1.165, 1.54) is 18.2 Å². The van der Waals surface area contributed by atoms with Crippen molar-refractivity contribution in [2.75, 3.05) is 6.26 Å². The maximum atomic E-state index is 11.8. The molecule has 0 spiro atoms. The van der Waals surface area contributed by atoms with E-state index in [1.807, 2.05) is 19.1 Å². The van der Waals surface area contributed by atoms with E-state index in [-0.39, 0.29) is 10.5 Å². The van der Waals surface area contributed by atoms with Gasteiger partial charge in [-0.1, -0.05) is 29.8 Å². The lowest BCUT2D eigenvalue weighted by Gasteiger charge is -2.10. The molecular formula is C15H14O4S. The Morgan fingerprint density at radius 3 is 2.15 bits per heavy atom. The molecule has 0 saturated carbocycles. The van der Waals surface area contributed by atoms with Gasteiger partial charge in [-0.2, -0.15) is 0 Å². The minimum atomic E-state index is -3.43. The molecule has 4 nitrogen and oxygen atoms in total. The van der Waals surface area contributed by atoms with Gasteiger partial charge in [0.1, 0.15) is 0 Å². The highest BCUT2D eigenvalue weighted by molar-refractivity contribution is 7.90. The average Bonchev–Trinajstić information content (AvgIpc) is 2.37. The third kappa shape index (κ3) is 2.88. The van der Waals surface area contributed by atoms with E-state index >= 15 is 0 Å². The van der Waals surface area contributed by atoms with Gasteiger partial charge in [-0.3, -0.25) is 0 Å². The predicted octanol–water partition coefficient (Wildman–Crippen LogP) is 2.76. The molecule has 2 aromatic rings. The number of carboxylic acid groups (broad SMARTS) is 1. The quantitative estimate of drug-likeness (QED) is 0.943. The van der Waals surface area contributed by atoms with Crippen molar-refractivity contribution in [2.24, 2.45) is 0 Å². The fourth-order valence-electron chi connectivity index (χ4n) is 1.95. The third-order valence-corrected chi connectivity index (χ3v) is 4.14. The van der Waals surface area contributed by atoms with Gasteiger partial charge in [0.15, 0.2) is 9.84 Å². The van der Waals surface area contributed by atoms with E-state index in [0.717, 1.165) is 11.8 Å². The first-order valence-corrected chi connectivity index (χ1v) is 7.82. The first-order valence-electron chi connectivity index (χ1n) is 5.93. The highest BCUT2D eigenvalue weighted by Crippen LogP contribution is 2.28. The zero-order valence-corrected chi connectivity index (χ0v) is 11.9. The first-order chi connectivity index (χ1) is 9.29. The van der Waals surface area contributed by atoms with Crippen molar-refractivity contribution in [1.82, 2.24) is 0 Å². The van der Waals surface area contributed by atoms with Gasteiger partial charge in [0, 0.05) is 11.8 Å². The van der Waals surface area contributed by atoms with Crippen LogP contribution in [0.2, 0.25) is 0 Å². The van der Waals surface area contributed by atoms with Crippen LogP contribution in [0.4, 0.5) is 0 Å². The van der Waals surface area contributed by atoms with Gasteiger partial charge in [0.2, 0.25) is 0 Å². The van der Waals surface area contributed by atoms with Gasteiger partial charge in [-0.05, 0) is 30.7 Å². The van der Waals surface area contributed by atoms with Crippen LogP contribution >= 0.6 is 0 Å². The molecule has 0 fully saturated rings. The standard InChI is InChI=1S/C15H14O4S/c1-10-3-5-11(6-4-10)13-9-12(15(16)17)7-8-14(13)20(2,18)19/h3-9H,1-2H3,(H,16,17). The molecule has 0 aliphatic heterocycles. The number of hydrogen-bond acceptors (Lipinski definition) is 3. The fraction of sp³-hybridized carbons (Fsp3) is 0.133. The smallest absolute Gasteiger partial charge is 0.335 e. The minimum absolute atomic E-state index is 0.0629. The lowest BCUT2D eigenvalue weighted by molar-refractivity contribution is 0.0697. The van der Waals surface area contributed by atoms with E-state index in [1.54, 1.807) is 12.1 Å². The second-order valence-corrected chi connectivity index (χ2v) is 6.64. The second-order valence-electron chi connectivity index (χ2n) is 4.65. The number of aryl methyl sites for hydroxylation is 1. The van der Waals surface area contributed by atoms with Crippen LogP contribution in [0, 0.1) is 6.92 Å². The van der Waals surface area contributed by atoms with Gasteiger partial charge in [0.25, 0.3) is 0 Å². The van der Waals surface area contributed by atoms with E-state index in [0.29, 0.717) is 11.1 Å². The van der Waals surface area contributed by atoms with E-state index in [9.17, 15) is 13.2 Å². The van der Waals surface area contributed by atoms with Crippen LogP contribution in [-0.2, 0) is 9.84 Å². The number of benzene rings is 2. The fourth-order valence-corrected chi connectivity index (χ4v) is 2.84. The number of aromatic carboxylic acids is 1. The molecule has 0 amide bonds. The van der Waals surface area contributed by atoms with Gasteiger partial charge >= 0.3 is 5.97 Å². The maximum Gasteiger partial charge on any atom is 0.335 e. The van der Waals surface area contributed by atoms with Crippen molar-refractivity contribution >= 4 is 15.8 Å². The Labute approximate surface area is 117 Å². The molecule has 0 heterocycles. The molecule has 5 heteroatoms. The number of rotatable bonds is 3. The van der Waals surface area contributed by atoms with E-state index < -0.39 is 15.8 Å². The van der Waals surface area contributed by atoms with Crippen molar-refractivity contribution in [2.45, 2.75) is 11.8 Å². The Morgan fingerprint density at radius 2 is 1.65 bits per heavy atom. The molecule has 1 N–H and O–H groups in total. The summed E-state index contributed by atoms with van der Waals surface area (Å²) in [7, 11) is -3.43. The number of carbonyl (C=O) groups is 1. The molecule has 2 rings (SSSR count). The van der Waals surface area contributed by atoms with Crippen LogP contribution in [0.25, 0.3) is 11.1 Å². The first kappa shape index (κ1) is 14.3. The Hall–Kier alpha value is -2.14. The number of hydrogen-bond donors (Lipinski definition) is 1. The second kappa shape index (κ2) is 5.09. The Bertz CT molecular complexity index is 759. The van der Waals surface area contributed by atoms with Crippen molar-refractivity contribution in [1.29, 1.82) is 0 Å². The zero-order chi connectivity index (χ0) is 14.9. The summed E-state index contributed by atoms with van der Waals surface area (Å²) >= 11 is 0. The molecule has 0 unspecified atom stereocenters. The molecule has 0 saturated heterocycles. The van der Waals surface area contributed by atoms with Gasteiger partial charge in [-0.25, -0.2) is 13.2 Å². The lowest BCUT2D eigenvalue weighted by Crippen LogP contribution is -2.03. The molecule has 0 aliphatic carbocycles. The molecule has 104 valence electrons. The van der Waals surface area contributed by atoms with Crippen LogP contribution in [0.3, 0.4) is 0 Å². The van der Waals surface area contributed by atoms with E-state index in [4.69, 9.17) is 5.11 Å². The highest BCUT2D eigenvalue weighted by Gasteiger charge is 2.17. The minimum Gasteiger partial charge on any atom is -0.478 e. The molecule has 0 aromatic heterocycles. The monoisotopic (exact) mass is 290 g/mol. The summed E-state index contributed by atoms with van der Waals surface area (Å²) in [6.07, 6.45) is 1.11. The zero-order valence-electron chi connectivity index (χ0n) is 11.1. The van der Waals surface area contributed by atoms with Crippen LogP contribution in [0.1, 0.15) is 15.9 Å². The molecule has 0 atom stereocenters. The van der Waals surface area contributed by atoms with Gasteiger partial charge in [0.05, 0.1) is 10.5 Å². The normalized spacial score (nSPS) is 11.3. The summed E-state index contributed by atoms with van der Waals surface area (Å²) < 4.78 is 23.7. The summed E-state index contributed by atoms with van der Waals surface area (Å²) in [5.74, 6) is -1.08. The Kier molecular flexibility index (Phi) is 3.63. The summed E-state index contributed by atoms with van der Waals surface area (Å²) in [5.41, 5.74) is 2.20. The van der Waals surface area contributed by atoms with E-state index in [2.05, 4.69) is 0 Å². The molecule has 0 aliphatic rings. The average molecular weight is 290 g/mol. The van der Waals surface area contributed by atoms with Crippen molar-refractivity contribution in [3.05, 3.63) is 53.6 Å². The summed E-state index contributed by atoms with van der Waals surface area (Å²) in [6, 6.07) is 11.3. The van der Waals surface area contributed by atoms with Crippen LogP contribution < -0.4 is 0 Å². The maximum absolute atomic E-state index is 11.8. The summed E-state index contributed by atoms with van der Waals surface area (Å²) in [6.45, 7) is 1.93. The molecule has 20 heavy (non-hydrogen) atoms. The van der Waals surface area contributed by atoms with Crippen molar-refractivity contribution in [3.8, 4) is 11.1 Å². The SMILES string of the molecule is Cc1ccc(-c2cc(C(=O)O)ccc2S(C)(=O)=O)cc1. The molecule has 2 aromatic carbocycles. The molecular weight excluding hydrogens is 276 g/mol.